The number of hydrogen-bond acceptors (Lipinski definition) is 6. The lowest BCUT2D eigenvalue weighted by Crippen LogP contribution is -2.14. The Hall–Kier alpha value is -4.21. The maximum absolute atomic E-state index is 12.7. The number of hydrogen-bond donors (Lipinski definition) is 4. The van der Waals surface area contributed by atoms with Crippen molar-refractivity contribution in [2.45, 2.75) is 13.8 Å². The average Bonchev–Trinajstić information content (AvgIpc) is 3.41. The first-order valence-electron chi connectivity index (χ1n) is 9.68. The summed E-state index contributed by atoms with van der Waals surface area (Å²) in [6.45, 7) is 4.60. The number of benzene rings is 1. The van der Waals surface area contributed by atoms with Crippen LogP contribution in [0.1, 0.15) is 34.6 Å². The Balaban J connectivity index is 1.52. The summed E-state index contributed by atoms with van der Waals surface area (Å²) in [6, 6.07) is 6.76. The Morgan fingerprint density at radius 1 is 1.13 bits per heavy atom. The highest BCUT2D eigenvalue weighted by Gasteiger charge is 2.16. The topological polar surface area (TPSA) is 138 Å². The third kappa shape index (κ3) is 4.69. The zero-order valence-electron chi connectivity index (χ0n) is 17.0. The molecule has 3 aromatic heterocycles. The van der Waals surface area contributed by atoms with Crippen LogP contribution in [0.4, 0.5) is 11.9 Å². The minimum absolute atomic E-state index is 0.215. The van der Waals surface area contributed by atoms with Crippen molar-refractivity contribution in [1.29, 1.82) is 0 Å². The molecule has 31 heavy (non-hydrogen) atoms. The number of ether oxygens (including phenoxy) is 1. The van der Waals surface area contributed by atoms with Crippen molar-refractivity contribution in [3.8, 4) is 5.75 Å². The number of para-hydroxylation sites is 1. The van der Waals surface area contributed by atoms with Gasteiger partial charge >= 0.3 is 0 Å². The molecule has 10 nitrogen and oxygen atoms in total. The molecule has 0 unspecified atom stereocenters. The molecule has 3 heterocycles. The molecular formula is C21H21N7O3. The number of imidazole rings is 2. The number of aromatic nitrogens is 5. The molecule has 0 aliphatic heterocycles. The number of nitrogens with one attached hydrogen (secondary N) is 4. The zero-order valence-corrected chi connectivity index (χ0v) is 17.0. The van der Waals surface area contributed by atoms with Crippen LogP contribution in [0.2, 0.25) is 0 Å². The number of anilines is 2. The minimum Gasteiger partial charge on any atom is -0.492 e. The summed E-state index contributed by atoms with van der Waals surface area (Å²) in [5, 5.41) is 5.36. The smallest absolute Gasteiger partial charge is 0.260 e. The molecule has 4 N–H and O–H groups in total. The van der Waals surface area contributed by atoms with Gasteiger partial charge in [0.1, 0.15) is 11.3 Å². The normalized spacial score (nSPS) is 10.9. The van der Waals surface area contributed by atoms with Crippen molar-refractivity contribution in [2.24, 2.45) is 5.92 Å². The van der Waals surface area contributed by atoms with Crippen LogP contribution in [-0.4, -0.2) is 43.3 Å². The molecule has 10 heteroatoms. The molecule has 0 saturated carbocycles. The van der Waals surface area contributed by atoms with Crippen molar-refractivity contribution in [3.05, 3.63) is 60.2 Å². The van der Waals surface area contributed by atoms with Gasteiger partial charge in [0, 0.05) is 18.6 Å². The highest BCUT2D eigenvalue weighted by molar-refractivity contribution is 6.11. The maximum Gasteiger partial charge on any atom is 0.260 e. The second kappa shape index (κ2) is 8.66. The van der Waals surface area contributed by atoms with E-state index in [9.17, 15) is 9.59 Å². The molecule has 0 saturated heterocycles. The minimum atomic E-state index is -0.400. The van der Waals surface area contributed by atoms with E-state index in [2.05, 4.69) is 35.6 Å². The molecule has 1 aromatic carbocycles. The number of carbonyl (C=O) groups is 2. The van der Waals surface area contributed by atoms with E-state index in [4.69, 9.17) is 4.74 Å². The molecule has 0 spiro atoms. The van der Waals surface area contributed by atoms with E-state index in [1.807, 2.05) is 13.8 Å². The number of pyridine rings is 1. The van der Waals surface area contributed by atoms with E-state index in [1.54, 1.807) is 36.7 Å². The second-order valence-electron chi connectivity index (χ2n) is 7.25. The van der Waals surface area contributed by atoms with E-state index in [-0.39, 0.29) is 11.9 Å². The van der Waals surface area contributed by atoms with E-state index in [1.165, 1.54) is 12.4 Å². The molecule has 0 bridgehead atoms. The van der Waals surface area contributed by atoms with Gasteiger partial charge in [-0.25, -0.2) is 9.97 Å². The summed E-state index contributed by atoms with van der Waals surface area (Å²) in [4.78, 5) is 43.5. The van der Waals surface area contributed by atoms with Gasteiger partial charge in [0.2, 0.25) is 11.9 Å². The number of aromatic amines is 2. The molecule has 0 aliphatic carbocycles. The van der Waals surface area contributed by atoms with Gasteiger partial charge in [-0.3, -0.25) is 25.2 Å². The summed E-state index contributed by atoms with van der Waals surface area (Å²) < 4.78 is 5.62. The number of rotatable bonds is 7. The molecule has 2 amide bonds. The van der Waals surface area contributed by atoms with Crippen molar-refractivity contribution < 1.29 is 14.3 Å². The Labute approximate surface area is 177 Å². The standard InChI is InChI=1S/C21H21N7O3/c1-12(2)11-31-14-8-13(9-22-10-14)18(29)27-21-25-16-5-3-4-15(17(16)26-21)19(30)28-20-23-6-7-24-20/h3-10,12H,11H2,1-2H3,(H2,23,24,28,30)(H2,25,26,27,29). The predicted molar refractivity (Wildman–Crippen MR) is 115 cm³/mol. The first-order valence-corrected chi connectivity index (χ1v) is 9.68. The fourth-order valence-electron chi connectivity index (χ4n) is 2.85. The number of nitrogens with zero attached hydrogens (tertiary/aromatic N) is 3. The van der Waals surface area contributed by atoms with E-state index in [0.29, 0.717) is 46.4 Å². The van der Waals surface area contributed by atoms with Crippen LogP contribution >= 0.6 is 0 Å². The summed E-state index contributed by atoms with van der Waals surface area (Å²) in [5.41, 5.74) is 1.71. The highest BCUT2D eigenvalue weighted by Crippen LogP contribution is 2.20. The van der Waals surface area contributed by atoms with Crippen molar-refractivity contribution in [2.75, 3.05) is 17.2 Å². The van der Waals surface area contributed by atoms with Crippen LogP contribution in [0.15, 0.2) is 49.1 Å². The number of amides is 2. The van der Waals surface area contributed by atoms with Gasteiger partial charge < -0.3 is 14.7 Å². The Morgan fingerprint density at radius 3 is 2.74 bits per heavy atom. The average molecular weight is 419 g/mol. The number of fused-ring (bicyclic) bond motifs is 1. The van der Waals surface area contributed by atoms with Crippen LogP contribution in [0.5, 0.6) is 5.75 Å². The van der Waals surface area contributed by atoms with Gasteiger partial charge in [0.05, 0.1) is 29.4 Å². The Morgan fingerprint density at radius 2 is 1.97 bits per heavy atom. The summed E-state index contributed by atoms with van der Waals surface area (Å²) in [7, 11) is 0. The van der Waals surface area contributed by atoms with Crippen LogP contribution in [-0.2, 0) is 0 Å². The van der Waals surface area contributed by atoms with E-state index >= 15 is 0 Å². The quantitative estimate of drug-likeness (QED) is 0.363. The molecular weight excluding hydrogens is 398 g/mol. The summed E-state index contributed by atoms with van der Waals surface area (Å²) >= 11 is 0. The Bertz CT molecular complexity index is 1210. The molecule has 158 valence electrons. The van der Waals surface area contributed by atoms with Crippen LogP contribution in [0.25, 0.3) is 11.0 Å². The van der Waals surface area contributed by atoms with Gasteiger partial charge in [-0.05, 0) is 24.1 Å². The second-order valence-corrected chi connectivity index (χ2v) is 7.25. The molecule has 0 radical (unpaired) electrons. The number of H-pyrrole nitrogens is 2. The molecule has 0 fully saturated rings. The largest absolute Gasteiger partial charge is 0.492 e. The maximum atomic E-state index is 12.7. The third-order valence-corrected chi connectivity index (χ3v) is 4.28. The van der Waals surface area contributed by atoms with E-state index < -0.39 is 5.91 Å². The van der Waals surface area contributed by atoms with Crippen LogP contribution in [0.3, 0.4) is 0 Å². The lowest BCUT2D eigenvalue weighted by atomic mass is 10.2. The SMILES string of the molecule is CC(C)COc1cncc(C(=O)Nc2nc3c(C(=O)Nc4ncc[nH]4)cccc3[nH]2)c1. The van der Waals surface area contributed by atoms with E-state index in [0.717, 1.165) is 0 Å². The fraction of sp³-hybridized carbons (Fsp3) is 0.190. The molecule has 4 aromatic rings. The fourth-order valence-corrected chi connectivity index (χ4v) is 2.85. The van der Waals surface area contributed by atoms with Crippen LogP contribution < -0.4 is 15.4 Å². The highest BCUT2D eigenvalue weighted by atomic mass is 16.5. The lowest BCUT2D eigenvalue weighted by Gasteiger charge is -2.09. The monoisotopic (exact) mass is 419 g/mol. The van der Waals surface area contributed by atoms with Gasteiger partial charge in [-0.1, -0.05) is 19.9 Å². The first-order chi connectivity index (χ1) is 15.0. The van der Waals surface area contributed by atoms with Crippen molar-refractivity contribution in [3.63, 3.8) is 0 Å². The molecule has 4 rings (SSSR count). The van der Waals surface area contributed by atoms with Gasteiger partial charge in [0.15, 0.2) is 0 Å². The van der Waals surface area contributed by atoms with Gasteiger partial charge in [0.25, 0.3) is 11.8 Å². The van der Waals surface area contributed by atoms with Gasteiger partial charge in [-0.15, -0.1) is 0 Å². The number of carbonyl (C=O) groups excluding carboxylic acids is 2. The first kappa shape index (κ1) is 20.1. The summed E-state index contributed by atoms with van der Waals surface area (Å²) in [6.07, 6.45) is 6.15. The Kier molecular flexibility index (Phi) is 5.61. The van der Waals surface area contributed by atoms with Crippen LogP contribution in [0, 0.1) is 5.92 Å². The van der Waals surface area contributed by atoms with Crippen molar-refractivity contribution >= 4 is 34.7 Å². The van der Waals surface area contributed by atoms with Gasteiger partial charge in [-0.2, -0.15) is 0 Å². The zero-order chi connectivity index (χ0) is 21.8. The lowest BCUT2D eigenvalue weighted by molar-refractivity contribution is 0.101. The predicted octanol–water partition coefficient (Wildman–Crippen LogP) is 3.22. The summed E-state index contributed by atoms with van der Waals surface area (Å²) in [5.74, 6) is 0.646. The van der Waals surface area contributed by atoms with Crippen molar-refractivity contribution in [1.82, 2.24) is 24.9 Å². The third-order valence-electron chi connectivity index (χ3n) is 4.28. The molecule has 0 aliphatic rings. The molecule has 0 atom stereocenters.